The minimum Gasteiger partial charge on any atom is -0.479 e. The van der Waals surface area contributed by atoms with Gasteiger partial charge in [0.2, 0.25) is 0 Å². The molecule has 0 radical (unpaired) electrons. The van der Waals surface area contributed by atoms with Gasteiger partial charge < -0.3 is 14.4 Å². The Bertz CT molecular complexity index is 617. The molecule has 3 heterocycles. The molecule has 2 aromatic rings. The van der Waals surface area contributed by atoms with Crippen LogP contribution in [0.4, 0.5) is 0 Å². The van der Waals surface area contributed by atoms with Gasteiger partial charge in [0.1, 0.15) is 11.5 Å². The molecule has 2 N–H and O–H groups in total. The quantitative estimate of drug-likeness (QED) is 0.834. The summed E-state index contributed by atoms with van der Waals surface area (Å²) < 4.78 is 5.23. The van der Waals surface area contributed by atoms with Crippen LogP contribution < -0.4 is 0 Å². The van der Waals surface area contributed by atoms with Crippen LogP contribution in [0.3, 0.4) is 0 Å². The number of carboxylic acid groups (broad SMARTS) is 1. The van der Waals surface area contributed by atoms with E-state index >= 15 is 0 Å². The number of nitrogens with one attached hydrogen (secondary N) is 1. The standard InChI is InChI=1S/C12H11N3O4/c16-11(8-1-4-13-14-8)15-5-2-9-7(3-6-19-9)10(15)12(17)18/h1,3-4,6,10H,2,5H2,(H,13,14)(H,17,18). The largest absolute Gasteiger partial charge is 0.479 e. The Labute approximate surface area is 107 Å². The summed E-state index contributed by atoms with van der Waals surface area (Å²) in [5.41, 5.74) is 0.810. The van der Waals surface area contributed by atoms with Crippen LogP contribution in [0.15, 0.2) is 29.0 Å². The highest BCUT2D eigenvalue weighted by molar-refractivity contribution is 5.95. The monoisotopic (exact) mass is 261 g/mol. The highest BCUT2D eigenvalue weighted by Gasteiger charge is 2.38. The van der Waals surface area contributed by atoms with E-state index in [1.165, 1.54) is 23.4 Å². The molecule has 98 valence electrons. The molecule has 0 aromatic carbocycles. The van der Waals surface area contributed by atoms with Gasteiger partial charge in [-0.15, -0.1) is 0 Å². The number of carbonyl (C=O) groups excluding carboxylic acids is 1. The number of aromatic amines is 1. The molecule has 19 heavy (non-hydrogen) atoms. The van der Waals surface area contributed by atoms with Crippen LogP contribution in [0, 0.1) is 0 Å². The number of aromatic nitrogens is 2. The number of hydrogen-bond acceptors (Lipinski definition) is 4. The summed E-state index contributed by atoms with van der Waals surface area (Å²) in [4.78, 5) is 25.0. The number of furan rings is 1. The van der Waals surface area contributed by atoms with Gasteiger partial charge in [0.05, 0.1) is 6.26 Å². The van der Waals surface area contributed by atoms with Crippen molar-refractivity contribution in [2.75, 3.05) is 6.54 Å². The number of fused-ring (bicyclic) bond motifs is 1. The van der Waals surface area contributed by atoms with Gasteiger partial charge in [-0.05, 0) is 12.1 Å². The van der Waals surface area contributed by atoms with Crippen LogP contribution in [0.2, 0.25) is 0 Å². The van der Waals surface area contributed by atoms with E-state index in [4.69, 9.17) is 4.42 Å². The van der Waals surface area contributed by atoms with Crippen LogP contribution >= 0.6 is 0 Å². The molecule has 1 aliphatic rings. The first-order valence-corrected chi connectivity index (χ1v) is 5.78. The number of hydrogen-bond donors (Lipinski definition) is 2. The second kappa shape index (κ2) is 4.27. The zero-order chi connectivity index (χ0) is 13.4. The predicted molar refractivity (Wildman–Crippen MR) is 62.4 cm³/mol. The fourth-order valence-electron chi connectivity index (χ4n) is 2.33. The molecular formula is C12H11N3O4. The van der Waals surface area contributed by atoms with Gasteiger partial charge in [-0.3, -0.25) is 9.89 Å². The molecule has 0 saturated heterocycles. The van der Waals surface area contributed by atoms with Crippen LogP contribution in [0.5, 0.6) is 0 Å². The van der Waals surface area contributed by atoms with E-state index in [1.54, 1.807) is 6.07 Å². The molecule has 1 unspecified atom stereocenters. The minimum atomic E-state index is -1.07. The van der Waals surface area contributed by atoms with E-state index < -0.39 is 12.0 Å². The second-order valence-corrected chi connectivity index (χ2v) is 4.26. The van der Waals surface area contributed by atoms with Crippen molar-refractivity contribution >= 4 is 11.9 Å². The number of amides is 1. The Morgan fingerprint density at radius 1 is 1.47 bits per heavy atom. The lowest BCUT2D eigenvalue weighted by Crippen LogP contribution is -2.43. The third-order valence-corrected chi connectivity index (χ3v) is 3.19. The lowest BCUT2D eigenvalue weighted by molar-refractivity contribution is -0.143. The molecule has 0 aliphatic carbocycles. The van der Waals surface area contributed by atoms with Crippen molar-refractivity contribution in [2.45, 2.75) is 12.5 Å². The molecular weight excluding hydrogens is 250 g/mol. The number of rotatable bonds is 2. The molecule has 0 fully saturated rings. The minimum absolute atomic E-state index is 0.276. The fourth-order valence-corrected chi connectivity index (χ4v) is 2.33. The van der Waals surface area contributed by atoms with E-state index in [-0.39, 0.29) is 11.6 Å². The number of H-pyrrole nitrogens is 1. The average molecular weight is 261 g/mol. The second-order valence-electron chi connectivity index (χ2n) is 4.26. The highest BCUT2D eigenvalue weighted by Crippen LogP contribution is 2.31. The van der Waals surface area contributed by atoms with Crippen molar-refractivity contribution in [3.63, 3.8) is 0 Å². The van der Waals surface area contributed by atoms with Gasteiger partial charge in [0.15, 0.2) is 6.04 Å². The SMILES string of the molecule is O=C(O)C1c2ccoc2CCN1C(=O)c1ccn[nH]1. The Balaban J connectivity index is 1.98. The van der Waals surface area contributed by atoms with Crippen molar-refractivity contribution in [2.24, 2.45) is 0 Å². The summed E-state index contributed by atoms with van der Waals surface area (Å²) in [5, 5.41) is 15.6. The summed E-state index contributed by atoms with van der Waals surface area (Å²) in [6, 6.07) is 2.10. The van der Waals surface area contributed by atoms with Crippen molar-refractivity contribution in [1.82, 2.24) is 15.1 Å². The van der Waals surface area contributed by atoms with Gasteiger partial charge in [-0.2, -0.15) is 5.10 Å². The number of aliphatic carboxylic acids is 1. The van der Waals surface area contributed by atoms with E-state index in [0.29, 0.717) is 24.3 Å². The molecule has 1 atom stereocenters. The Kier molecular flexibility index (Phi) is 2.59. The molecule has 7 heteroatoms. The molecule has 1 amide bonds. The maximum absolute atomic E-state index is 12.3. The molecule has 7 nitrogen and oxygen atoms in total. The third-order valence-electron chi connectivity index (χ3n) is 3.19. The lowest BCUT2D eigenvalue weighted by Gasteiger charge is -2.31. The Morgan fingerprint density at radius 3 is 3.00 bits per heavy atom. The zero-order valence-electron chi connectivity index (χ0n) is 9.87. The topological polar surface area (TPSA) is 99.4 Å². The van der Waals surface area contributed by atoms with Gasteiger partial charge >= 0.3 is 5.97 Å². The van der Waals surface area contributed by atoms with E-state index in [2.05, 4.69) is 10.2 Å². The van der Waals surface area contributed by atoms with Crippen molar-refractivity contribution < 1.29 is 19.1 Å². The fraction of sp³-hybridized carbons (Fsp3) is 0.250. The van der Waals surface area contributed by atoms with Gasteiger partial charge in [0.25, 0.3) is 5.91 Å². The first kappa shape index (κ1) is 11.5. The normalized spacial score (nSPS) is 18.1. The molecule has 0 bridgehead atoms. The Hall–Kier alpha value is -2.57. The number of nitrogens with zero attached hydrogens (tertiary/aromatic N) is 2. The third kappa shape index (κ3) is 1.79. The number of carboxylic acids is 1. The summed E-state index contributed by atoms with van der Waals surface area (Å²) in [6.07, 6.45) is 3.41. The smallest absolute Gasteiger partial charge is 0.331 e. The highest BCUT2D eigenvalue weighted by atomic mass is 16.4. The molecule has 3 rings (SSSR count). The van der Waals surface area contributed by atoms with E-state index in [9.17, 15) is 14.7 Å². The maximum atomic E-state index is 12.3. The predicted octanol–water partition coefficient (Wildman–Crippen LogP) is 0.827. The van der Waals surface area contributed by atoms with Crippen LogP contribution in [-0.4, -0.2) is 38.6 Å². The lowest BCUT2D eigenvalue weighted by atomic mass is 9.99. The van der Waals surface area contributed by atoms with Crippen LogP contribution in [0.25, 0.3) is 0 Å². The summed E-state index contributed by atoms with van der Waals surface area (Å²) in [7, 11) is 0. The van der Waals surface area contributed by atoms with E-state index in [1.807, 2.05) is 0 Å². The average Bonchev–Trinajstić information content (AvgIpc) is 3.06. The molecule has 2 aromatic heterocycles. The van der Waals surface area contributed by atoms with Crippen molar-refractivity contribution in [3.8, 4) is 0 Å². The van der Waals surface area contributed by atoms with Crippen molar-refractivity contribution in [3.05, 3.63) is 41.6 Å². The Morgan fingerprint density at radius 2 is 2.32 bits per heavy atom. The summed E-state index contributed by atoms with van der Waals surface area (Å²) in [6.45, 7) is 0.301. The summed E-state index contributed by atoms with van der Waals surface area (Å²) in [5.74, 6) is -0.826. The maximum Gasteiger partial charge on any atom is 0.331 e. The van der Waals surface area contributed by atoms with Gasteiger partial charge in [-0.25, -0.2) is 4.79 Å². The molecule has 0 spiro atoms. The summed E-state index contributed by atoms with van der Waals surface area (Å²) >= 11 is 0. The van der Waals surface area contributed by atoms with Crippen molar-refractivity contribution in [1.29, 1.82) is 0 Å². The zero-order valence-corrected chi connectivity index (χ0v) is 9.87. The van der Waals surface area contributed by atoms with Crippen LogP contribution in [0.1, 0.15) is 27.9 Å². The molecule has 1 aliphatic heterocycles. The first-order valence-electron chi connectivity index (χ1n) is 5.78. The molecule has 0 saturated carbocycles. The number of carbonyl (C=O) groups is 2. The van der Waals surface area contributed by atoms with Gasteiger partial charge in [0, 0.05) is 24.7 Å². The van der Waals surface area contributed by atoms with Gasteiger partial charge in [-0.1, -0.05) is 0 Å². The first-order chi connectivity index (χ1) is 9.18. The van der Waals surface area contributed by atoms with E-state index in [0.717, 1.165) is 0 Å². The van der Waals surface area contributed by atoms with Crippen LogP contribution in [-0.2, 0) is 11.2 Å².